The quantitative estimate of drug-likeness (QED) is 0.490. The summed E-state index contributed by atoms with van der Waals surface area (Å²) in [6.07, 6.45) is 1.12. The van der Waals surface area contributed by atoms with Gasteiger partial charge in [-0.3, -0.25) is 14.4 Å². The summed E-state index contributed by atoms with van der Waals surface area (Å²) in [7, 11) is 0. The minimum Gasteiger partial charge on any atom is -0.351 e. The summed E-state index contributed by atoms with van der Waals surface area (Å²) in [5, 5.41) is 4.74. The van der Waals surface area contributed by atoms with Crippen molar-refractivity contribution >= 4 is 39.0 Å². The smallest absolute Gasteiger partial charge is 0.261 e. The maximum Gasteiger partial charge on any atom is 0.261 e. The van der Waals surface area contributed by atoms with Crippen LogP contribution < -0.4 is 15.6 Å². The second kappa shape index (κ2) is 7.97. The molecular weight excluding hydrogens is 436 g/mol. The Morgan fingerprint density at radius 1 is 1.06 bits per heavy atom. The topological polar surface area (TPSA) is 87.2 Å². The van der Waals surface area contributed by atoms with E-state index >= 15 is 0 Å². The summed E-state index contributed by atoms with van der Waals surface area (Å²) in [6, 6.07) is 15.1. The predicted molar refractivity (Wildman–Crippen MR) is 130 cm³/mol. The van der Waals surface area contributed by atoms with E-state index in [1.54, 1.807) is 6.07 Å². The van der Waals surface area contributed by atoms with Crippen LogP contribution >= 0.6 is 11.3 Å². The molecule has 1 saturated heterocycles. The molecule has 6 rings (SSSR count). The molecule has 0 spiro atoms. The fraction of sp³-hybridized carbons (Fsp3) is 0.320. The van der Waals surface area contributed by atoms with E-state index in [4.69, 9.17) is 0 Å². The van der Waals surface area contributed by atoms with Gasteiger partial charge < -0.3 is 19.8 Å². The number of hydrogen-bond acceptors (Lipinski definition) is 5. The fourth-order valence-corrected chi connectivity index (χ4v) is 6.30. The SMILES string of the molecule is O=C(NCCN1CC2CC(C1)c1cccc(=O)n1C2)c1cc2c([nH]c3ccccc32)c(=O)s1. The Balaban J connectivity index is 1.14. The van der Waals surface area contributed by atoms with Gasteiger partial charge in [0.1, 0.15) is 5.52 Å². The number of fused-ring (bicyclic) bond motifs is 7. The van der Waals surface area contributed by atoms with Gasteiger partial charge in [0.2, 0.25) is 0 Å². The molecule has 1 amide bonds. The third-order valence-electron chi connectivity index (χ3n) is 6.92. The number of benzene rings is 1. The zero-order valence-electron chi connectivity index (χ0n) is 18.0. The number of amides is 1. The minimum absolute atomic E-state index is 0.0917. The highest BCUT2D eigenvalue weighted by atomic mass is 32.1. The van der Waals surface area contributed by atoms with E-state index in [1.807, 2.05) is 41.0 Å². The maximum atomic E-state index is 12.8. The van der Waals surface area contributed by atoms with Crippen LogP contribution in [-0.2, 0) is 6.54 Å². The molecule has 2 bridgehead atoms. The van der Waals surface area contributed by atoms with Gasteiger partial charge in [-0.15, -0.1) is 0 Å². The van der Waals surface area contributed by atoms with Crippen molar-refractivity contribution in [2.75, 3.05) is 26.2 Å². The van der Waals surface area contributed by atoms with Gasteiger partial charge in [-0.25, -0.2) is 0 Å². The van der Waals surface area contributed by atoms with Crippen molar-refractivity contribution in [1.29, 1.82) is 0 Å². The normalized spacial score (nSPS) is 20.1. The van der Waals surface area contributed by atoms with E-state index in [-0.39, 0.29) is 16.2 Å². The Morgan fingerprint density at radius 3 is 2.85 bits per heavy atom. The first-order valence-corrected chi connectivity index (χ1v) is 12.1. The minimum atomic E-state index is -0.210. The number of para-hydroxylation sites is 1. The number of aromatic amines is 1. The zero-order chi connectivity index (χ0) is 22.5. The molecular formula is C25H24N4O3S. The third kappa shape index (κ3) is 3.59. The number of rotatable bonds is 4. The summed E-state index contributed by atoms with van der Waals surface area (Å²) < 4.78 is 1.80. The summed E-state index contributed by atoms with van der Waals surface area (Å²) in [5.74, 6) is 0.608. The number of pyridine rings is 1. The van der Waals surface area contributed by atoms with E-state index in [9.17, 15) is 14.4 Å². The van der Waals surface area contributed by atoms with Crippen molar-refractivity contribution in [2.45, 2.75) is 18.9 Å². The van der Waals surface area contributed by atoms with Crippen LogP contribution in [0.25, 0.3) is 21.8 Å². The number of nitrogens with zero attached hydrogens (tertiary/aromatic N) is 2. The van der Waals surface area contributed by atoms with Crippen molar-refractivity contribution in [3.05, 3.63) is 79.0 Å². The van der Waals surface area contributed by atoms with E-state index < -0.39 is 0 Å². The van der Waals surface area contributed by atoms with Gasteiger partial charge in [-0.05, 0) is 30.5 Å². The summed E-state index contributed by atoms with van der Waals surface area (Å²) in [5.41, 5.74) is 2.67. The van der Waals surface area contributed by atoms with Gasteiger partial charge in [-0.1, -0.05) is 35.6 Å². The number of piperidine rings is 1. The highest BCUT2D eigenvalue weighted by Gasteiger charge is 2.34. The average Bonchev–Trinajstić information content (AvgIpc) is 3.19. The second-order valence-corrected chi connectivity index (χ2v) is 10.1. The Morgan fingerprint density at radius 2 is 1.94 bits per heavy atom. The van der Waals surface area contributed by atoms with E-state index in [1.165, 1.54) is 0 Å². The van der Waals surface area contributed by atoms with Crippen molar-refractivity contribution in [3.8, 4) is 0 Å². The standard InChI is InChI=1S/C25H24N4O3S/c30-22-7-3-6-20-16-10-15(13-29(20)22)12-28(14-16)9-8-26-24(31)21-11-18-17-4-1-2-5-19(17)27-23(18)25(32)33-21/h1-7,11,15-16,27H,8-10,12-14H2,(H,26,31). The van der Waals surface area contributed by atoms with E-state index in [0.717, 1.165) is 65.9 Å². The van der Waals surface area contributed by atoms with Crippen LogP contribution in [0.2, 0.25) is 0 Å². The molecule has 4 aromatic rings. The summed E-state index contributed by atoms with van der Waals surface area (Å²) in [6.45, 7) is 3.87. The van der Waals surface area contributed by atoms with Crippen LogP contribution in [0.15, 0.2) is 58.1 Å². The molecule has 33 heavy (non-hydrogen) atoms. The Kier molecular flexibility index (Phi) is 4.92. The van der Waals surface area contributed by atoms with E-state index in [0.29, 0.717) is 28.8 Å². The number of carbonyl (C=O) groups is 1. The molecule has 8 heteroatoms. The van der Waals surface area contributed by atoms with E-state index in [2.05, 4.69) is 21.3 Å². The molecule has 5 heterocycles. The fourth-order valence-electron chi connectivity index (χ4n) is 5.49. The molecule has 7 nitrogen and oxygen atoms in total. The molecule has 1 fully saturated rings. The molecule has 2 aliphatic rings. The molecule has 0 aliphatic carbocycles. The monoisotopic (exact) mass is 460 g/mol. The average molecular weight is 461 g/mol. The van der Waals surface area contributed by atoms with Gasteiger partial charge in [-0.2, -0.15) is 0 Å². The first kappa shape index (κ1) is 20.4. The van der Waals surface area contributed by atoms with Gasteiger partial charge in [0.25, 0.3) is 16.2 Å². The van der Waals surface area contributed by atoms with Crippen LogP contribution in [0.4, 0.5) is 0 Å². The number of H-pyrrole nitrogens is 1. The first-order chi connectivity index (χ1) is 16.1. The van der Waals surface area contributed by atoms with Crippen molar-refractivity contribution < 1.29 is 4.79 Å². The highest BCUT2D eigenvalue weighted by molar-refractivity contribution is 7.12. The number of likely N-dealkylation sites (tertiary alicyclic amines) is 1. The number of aromatic nitrogens is 2. The van der Waals surface area contributed by atoms with Gasteiger partial charge in [0.15, 0.2) is 0 Å². The Hall–Kier alpha value is -3.23. The largest absolute Gasteiger partial charge is 0.351 e. The summed E-state index contributed by atoms with van der Waals surface area (Å²) >= 11 is 0.979. The Bertz CT molecular complexity index is 1500. The lowest BCUT2D eigenvalue weighted by Gasteiger charge is -2.42. The van der Waals surface area contributed by atoms with Gasteiger partial charge >= 0.3 is 0 Å². The van der Waals surface area contributed by atoms with Crippen LogP contribution in [0, 0.1) is 5.92 Å². The van der Waals surface area contributed by atoms with Crippen molar-refractivity contribution in [1.82, 2.24) is 19.8 Å². The lowest BCUT2D eigenvalue weighted by molar-refractivity contribution is 0.0931. The molecule has 2 atom stereocenters. The van der Waals surface area contributed by atoms with Gasteiger partial charge in [0.05, 0.1) is 4.88 Å². The molecule has 2 N–H and O–H groups in total. The molecule has 3 aromatic heterocycles. The second-order valence-electron chi connectivity index (χ2n) is 9.07. The molecule has 0 radical (unpaired) electrons. The zero-order valence-corrected chi connectivity index (χ0v) is 18.9. The maximum absolute atomic E-state index is 12.8. The van der Waals surface area contributed by atoms with Gasteiger partial charge in [0, 0.05) is 66.7 Å². The Labute approximate surface area is 193 Å². The van der Waals surface area contributed by atoms with Crippen LogP contribution in [0.1, 0.15) is 27.7 Å². The van der Waals surface area contributed by atoms with Crippen molar-refractivity contribution in [3.63, 3.8) is 0 Å². The highest BCUT2D eigenvalue weighted by Crippen LogP contribution is 2.34. The molecule has 2 aliphatic heterocycles. The lowest BCUT2D eigenvalue weighted by Crippen LogP contribution is -2.48. The van der Waals surface area contributed by atoms with Crippen LogP contribution in [0.3, 0.4) is 0 Å². The number of hydrogen-bond donors (Lipinski definition) is 2. The molecule has 2 unspecified atom stereocenters. The number of carbonyl (C=O) groups excluding carboxylic acids is 1. The van der Waals surface area contributed by atoms with Crippen molar-refractivity contribution in [2.24, 2.45) is 5.92 Å². The molecule has 168 valence electrons. The third-order valence-corrected chi connectivity index (χ3v) is 7.83. The predicted octanol–water partition coefficient (Wildman–Crippen LogP) is 2.75. The molecule has 0 saturated carbocycles. The molecule has 1 aromatic carbocycles. The first-order valence-electron chi connectivity index (χ1n) is 11.3. The van der Waals surface area contributed by atoms with Crippen LogP contribution in [0.5, 0.6) is 0 Å². The summed E-state index contributed by atoms with van der Waals surface area (Å²) in [4.78, 5) is 43.6. The number of nitrogens with one attached hydrogen (secondary N) is 2. The lowest BCUT2D eigenvalue weighted by atomic mass is 9.83. The van der Waals surface area contributed by atoms with Crippen LogP contribution in [-0.4, -0.2) is 46.5 Å².